The van der Waals surface area contributed by atoms with Crippen LogP contribution in [0.2, 0.25) is 5.02 Å². The molecule has 0 spiro atoms. The van der Waals surface area contributed by atoms with E-state index in [1.54, 1.807) is 0 Å². The zero-order valence-electron chi connectivity index (χ0n) is 10.1. The van der Waals surface area contributed by atoms with Crippen LogP contribution in [0.15, 0.2) is 30.5 Å². The topological polar surface area (TPSA) is 43.8 Å². The van der Waals surface area contributed by atoms with Crippen molar-refractivity contribution in [3.05, 3.63) is 35.5 Å². The summed E-state index contributed by atoms with van der Waals surface area (Å²) < 4.78 is 2.03. The molecule has 0 saturated heterocycles. The van der Waals surface area contributed by atoms with Crippen molar-refractivity contribution < 1.29 is 0 Å². The molecule has 3 rings (SSSR count). The van der Waals surface area contributed by atoms with Gasteiger partial charge in [0.1, 0.15) is 5.69 Å². The summed E-state index contributed by atoms with van der Waals surface area (Å²) in [4.78, 5) is 0. The molecule has 0 amide bonds. The van der Waals surface area contributed by atoms with Gasteiger partial charge < -0.3 is 5.73 Å². The van der Waals surface area contributed by atoms with Gasteiger partial charge in [-0.05, 0) is 25.0 Å². The highest BCUT2D eigenvalue weighted by atomic mass is 35.5. The Morgan fingerprint density at radius 3 is 2.50 bits per heavy atom. The third-order valence-corrected chi connectivity index (χ3v) is 3.83. The summed E-state index contributed by atoms with van der Waals surface area (Å²) in [5.74, 6) is 0. The van der Waals surface area contributed by atoms with Gasteiger partial charge in [0.05, 0.1) is 11.7 Å². The van der Waals surface area contributed by atoms with E-state index in [4.69, 9.17) is 17.3 Å². The van der Waals surface area contributed by atoms with Crippen molar-refractivity contribution in [1.29, 1.82) is 0 Å². The van der Waals surface area contributed by atoms with Crippen molar-refractivity contribution in [2.45, 2.75) is 31.7 Å². The molecule has 0 atom stereocenters. The summed E-state index contributed by atoms with van der Waals surface area (Å²) in [6, 6.07) is 8.17. The second-order valence-electron chi connectivity index (χ2n) is 4.86. The summed E-state index contributed by atoms with van der Waals surface area (Å²) in [7, 11) is 0. The molecule has 94 valence electrons. The number of rotatable bonds is 2. The van der Waals surface area contributed by atoms with E-state index in [-0.39, 0.29) is 0 Å². The Bertz CT molecular complexity index is 539. The standard InChI is InChI=1S/C14H16ClN3/c15-11-7-5-10(6-8-11)14-13(16)9-18(17-14)12-3-1-2-4-12/h5-9,12H,1-4,16H2. The maximum atomic E-state index is 6.06. The summed E-state index contributed by atoms with van der Waals surface area (Å²) in [6.07, 6.45) is 6.96. The molecule has 1 aliphatic rings. The molecule has 0 aliphatic heterocycles. The molecule has 2 N–H and O–H groups in total. The molecule has 1 fully saturated rings. The smallest absolute Gasteiger partial charge is 0.115 e. The van der Waals surface area contributed by atoms with Gasteiger partial charge in [-0.3, -0.25) is 4.68 Å². The lowest BCUT2D eigenvalue weighted by molar-refractivity contribution is 0.468. The number of hydrogen-bond acceptors (Lipinski definition) is 2. The van der Waals surface area contributed by atoms with Gasteiger partial charge in [-0.1, -0.05) is 36.6 Å². The van der Waals surface area contributed by atoms with Gasteiger partial charge in [0.25, 0.3) is 0 Å². The molecular formula is C14H16ClN3. The number of aromatic nitrogens is 2. The first-order chi connectivity index (χ1) is 8.74. The predicted molar refractivity (Wildman–Crippen MR) is 74.6 cm³/mol. The van der Waals surface area contributed by atoms with Crippen molar-refractivity contribution in [3.63, 3.8) is 0 Å². The number of nitrogens with zero attached hydrogens (tertiary/aromatic N) is 2. The maximum absolute atomic E-state index is 6.06. The fraction of sp³-hybridized carbons (Fsp3) is 0.357. The summed E-state index contributed by atoms with van der Waals surface area (Å²) in [5, 5.41) is 5.37. The van der Waals surface area contributed by atoms with Crippen LogP contribution in [-0.4, -0.2) is 9.78 Å². The van der Waals surface area contributed by atoms with E-state index in [9.17, 15) is 0 Å². The Labute approximate surface area is 112 Å². The quantitative estimate of drug-likeness (QED) is 0.891. The van der Waals surface area contributed by atoms with Gasteiger partial charge in [0, 0.05) is 16.8 Å². The fourth-order valence-corrected chi connectivity index (χ4v) is 2.72. The second-order valence-corrected chi connectivity index (χ2v) is 5.29. The van der Waals surface area contributed by atoms with E-state index in [1.165, 1.54) is 25.7 Å². The maximum Gasteiger partial charge on any atom is 0.115 e. The highest BCUT2D eigenvalue weighted by molar-refractivity contribution is 6.30. The molecule has 2 aromatic rings. The predicted octanol–water partition coefficient (Wildman–Crippen LogP) is 3.90. The third-order valence-electron chi connectivity index (χ3n) is 3.58. The number of halogens is 1. The second kappa shape index (κ2) is 4.65. The Balaban J connectivity index is 1.94. The monoisotopic (exact) mass is 261 g/mol. The Hall–Kier alpha value is -1.48. The number of benzene rings is 1. The molecule has 0 radical (unpaired) electrons. The van der Waals surface area contributed by atoms with Crippen molar-refractivity contribution >= 4 is 17.3 Å². The van der Waals surface area contributed by atoms with Gasteiger partial charge in [-0.15, -0.1) is 0 Å². The Kier molecular flexibility index (Phi) is 3.00. The fourth-order valence-electron chi connectivity index (χ4n) is 2.59. The molecule has 0 bridgehead atoms. The highest BCUT2D eigenvalue weighted by Crippen LogP contribution is 2.32. The molecule has 1 heterocycles. The Morgan fingerprint density at radius 2 is 1.83 bits per heavy atom. The van der Waals surface area contributed by atoms with E-state index in [1.807, 2.05) is 35.1 Å². The van der Waals surface area contributed by atoms with E-state index in [2.05, 4.69) is 5.10 Å². The molecule has 0 unspecified atom stereocenters. The first kappa shape index (κ1) is 11.6. The van der Waals surface area contributed by atoms with Crippen LogP contribution in [0, 0.1) is 0 Å². The van der Waals surface area contributed by atoms with E-state index in [0.717, 1.165) is 22.0 Å². The molecule has 18 heavy (non-hydrogen) atoms. The van der Waals surface area contributed by atoms with Crippen LogP contribution >= 0.6 is 11.6 Å². The molecule has 3 nitrogen and oxygen atoms in total. The largest absolute Gasteiger partial charge is 0.396 e. The van der Waals surface area contributed by atoms with E-state index < -0.39 is 0 Å². The van der Waals surface area contributed by atoms with Crippen molar-refractivity contribution in [3.8, 4) is 11.3 Å². The van der Waals surface area contributed by atoms with Gasteiger partial charge in [0.15, 0.2) is 0 Å². The number of nitrogens with two attached hydrogens (primary N) is 1. The molecule has 1 aromatic carbocycles. The van der Waals surface area contributed by atoms with Crippen LogP contribution in [0.25, 0.3) is 11.3 Å². The van der Waals surface area contributed by atoms with E-state index in [0.29, 0.717) is 6.04 Å². The molecule has 1 aromatic heterocycles. The highest BCUT2D eigenvalue weighted by Gasteiger charge is 2.19. The summed E-state index contributed by atoms with van der Waals surface area (Å²) in [6.45, 7) is 0. The van der Waals surface area contributed by atoms with Gasteiger partial charge in [0.2, 0.25) is 0 Å². The molecule has 1 aliphatic carbocycles. The van der Waals surface area contributed by atoms with Crippen LogP contribution in [0.5, 0.6) is 0 Å². The molecular weight excluding hydrogens is 246 g/mol. The van der Waals surface area contributed by atoms with Crippen LogP contribution in [-0.2, 0) is 0 Å². The number of anilines is 1. The minimum Gasteiger partial charge on any atom is -0.396 e. The van der Waals surface area contributed by atoms with Gasteiger partial charge in [-0.25, -0.2) is 0 Å². The third kappa shape index (κ3) is 2.10. The average molecular weight is 262 g/mol. The lowest BCUT2D eigenvalue weighted by atomic mass is 10.1. The van der Waals surface area contributed by atoms with Gasteiger partial charge in [-0.2, -0.15) is 5.10 Å². The first-order valence-electron chi connectivity index (χ1n) is 6.34. The van der Waals surface area contributed by atoms with Crippen LogP contribution < -0.4 is 5.73 Å². The normalized spacial score (nSPS) is 16.3. The summed E-state index contributed by atoms with van der Waals surface area (Å²) >= 11 is 5.89. The molecule has 1 saturated carbocycles. The zero-order chi connectivity index (χ0) is 12.5. The van der Waals surface area contributed by atoms with Crippen LogP contribution in [0.3, 0.4) is 0 Å². The van der Waals surface area contributed by atoms with Crippen molar-refractivity contribution in [2.24, 2.45) is 0 Å². The minimum atomic E-state index is 0.522. The SMILES string of the molecule is Nc1cn(C2CCCC2)nc1-c1ccc(Cl)cc1. The van der Waals surface area contributed by atoms with Gasteiger partial charge >= 0.3 is 0 Å². The first-order valence-corrected chi connectivity index (χ1v) is 6.72. The Morgan fingerprint density at radius 1 is 1.17 bits per heavy atom. The summed E-state index contributed by atoms with van der Waals surface area (Å²) in [5.41, 5.74) is 8.68. The van der Waals surface area contributed by atoms with Crippen LogP contribution in [0.1, 0.15) is 31.7 Å². The van der Waals surface area contributed by atoms with Crippen molar-refractivity contribution in [2.75, 3.05) is 5.73 Å². The minimum absolute atomic E-state index is 0.522. The van der Waals surface area contributed by atoms with Crippen LogP contribution in [0.4, 0.5) is 5.69 Å². The van der Waals surface area contributed by atoms with Crippen molar-refractivity contribution in [1.82, 2.24) is 9.78 Å². The number of nitrogen functional groups attached to an aromatic ring is 1. The lowest BCUT2D eigenvalue weighted by Gasteiger charge is -2.08. The average Bonchev–Trinajstić information content (AvgIpc) is 2.99. The molecule has 4 heteroatoms. The van der Waals surface area contributed by atoms with E-state index >= 15 is 0 Å². The zero-order valence-corrected chi connectivity index (χ0v) is 10.9. The number of hydrogen-bond donors (Lipinski definition) is 1. The lowest BCUT2D eigenvalue weighted by Crippen LogP contribution is -2.04.